The maximum atomic E-state index is 2.40. The number of para-hydroxylation sites is 3. The summed E-state index contributed by atoms with van der Waals surface area (Å²) in [7, 11) is 0. The minimum atomic E-state index is 1.15. The summed E-state index contributed by atoms with van der Waals surface area (Å²) >= 11 is 0. The average Bonchev–Trinajstić information content (AvgIpc) is 3.87. The molecule has 2 nitrogen and oxygen atoms in total. The minimum Gasteiger partial charge on any atom is -0.309 e. The smallest absolute Gasteiger partial charge is 0.0541 e. The van der Waals surface area contributed by atoms with Gasteiger partial charge in [0, 0.05) is 32.9 Å². The van der Waals surface area contributed by atoms with Crippen LogP contribution in [0.5, 0.6) is 0 Å². The highest BCUT2D eigenvalue weighted by atomic mass is 15.0. The summed E-state index contributed by atoms with van der Waals surface area (Å²) in [4.78, 5) is 0. The quantitative estimate of drug-likeness (QED) is 0.152. The number of hydrogen-bond acceptors (Lipinski definition) is 0. The van der Waals surface area contributed by atoms with Gasteiger partial charge in [-0.1, -0.05) is 170 Å². The van der Waals surface area contributed by atoms with Gasteiger partial charge in [0.2, 0.25) is 0 Å². The lowest BCUT2D eigenvalue weighted by atomic mass is 9.95. The number of rotatable bonds is 7. The van der Waals surface area contributed by atoms with Crippen molar-refractivity contribution in [1.29, 1.82) is 0 Å². The molecule has 0 aliphatic rings. The van der Waals surface area contributed by atoms with E-state index in [1.165, 1.54) is 105 Å². The standard InChI is InChI=1S/C60H40N2/c1-3-13-41(14-4-1)45-15-11-17-47(37-45)48-18-12-16-46(38-48)44-27-25-42(26-28-44)43-29-33-52(34-30-43)62-58-24-10-8-22-54(58)56-40-50(32-36-60(56)62)49-31-35-59-55(39-49)53-21-7-9-23-57(53)61(59)51-19-5-2-6-20-51/h1-40H. The van der Waals surface area contributed by atoms with Crippen LogP contribution in [0.1, 0.15) is 0 Å². The van der Waals surface area contributed by atoms with E-state index in [1.54, 1.807) is 0 Å². The van der Waals surface area contributed by atoms with Crippen molar-refractivity contribution in [3.05, 3.63) is 243 Å². The van der Waals surface area contributed by atoms with Crippen molar-refractivity contribution in [3.8, 4) is 67.0 Å². The highest BCUT2D eigenvalue weighted by Crippen LogP contribution is 2.39. The molecule has 2 heterocycles. The molecule has 0 unspecified atom stereocenters. The Hall–Kier alpha value is -8.20. The van der Waals surface area contributed by atoms with Gasteiger partial charge < -0.3 is 9.13 Å². The lowest BCUT2D eigenvalue weighted by Crippen LogP contribution is -1.94. The lowest BCUT2D eigenvalue weighted by molar-refractivity contribution is 1.18. The first-order valence-corrected chi connectivity index (χ1v) is 21.3. The second kappa shape index (κ2) is 14.8. The van der Waals surface area contributed by atoms with E-state index >= 15 is 0 Å². The van der Waals surface area contributed by atoms with Crippen molar-refractivity contribution in [3.63, 3.8) is 0 Å². The van der Waals surface area contributed by atoms with Crippen LogP contribution >= 0.6 is 0 Å². The van der Waals surface area contributed by atoms with Gasteiger partial charge in [-0.25, -0.2) is 0 Å². The summed E-state index contributed by atoms with van der Waals surface area (Å²) in [5, 5.41) is 5.02. The molecule has 0 bridgehead atoms. The Morgan fingerprint density at radius 2 is 0.484 bits per heavy atom. The fourth-order valence-electron chi connectivity index (χ4n) is 9.48. The van der Waals surface area contributed by atoms with Crippen molar-refractivity contribution in [1.82, 2.24) is 9.13 Å². The van der Waals surface area contributed by atoms with Crippen molar-refractivity contribution in [2.24, 2.45) is 0 Å². The molecule has 2 aromatic heterocycles. The lowest BCUT2D eigenvalue weighted by Gasteiger charge is -2.11. The van der Waals surface area contributed by atoms with Crippen molar-refractivity contribution >= 4 is 43.6 Å². The highest BCUT2D eigenvalue weighted by molar-refractivity contribution is 6.12. The van der Waals surface area contributed by atoms with Gasteiger partial charge in [-0.05, 0) is 128 Å². The van der Waals surface area contributed by atoms with Crippen LogP contribution in [0.15, 0.2) is 243 Å². The van der Waals surface area contributed by atoms with Gasteiger partial charge in [0.05, 0.1) is 22.1 Å². The van der Waals surface area contributed by atoms with Gasteiger partial charge in [0.1, 0.15) is 0 Å². The van der Waals surface area contributed by atoms with E-state index in [4.69, 9.17) is 0 Å². The fourth-order valence-corrected chi connectivity index (χ4v) is 9.48. The topological polar surface area (TPSA) is 9.86 Å². The normalized spacial score (nSPS) is 11.5. The van der Waals surface area contributed by atoms with Crippen LogP contribution in [0, 0.1) is 0 Å². The molecule has 0 spiro atoms. The van der Waals surface area contributed by atoms with Gasteiger partial charge in [0.15, 0.2) is 0 Å². The monoisotopic (exact) mass is 788 g/mol. The molecular weight excluding hydrogens is 749 g/mol. The number of benzene rings is 10. The van der Waals surface area contributed by atoms with Gasteiger partial charge in [-0.3, -0.25) is 0 Å². The van der Waals surface area contributed by atoms with Crippen LogP contribution in [0.4, 0.5) is 0 Å². The van der Waals surface area contributed by atoms with Crippen LogP contribution in [0.25, 0.3) is 111 Å². The van der Waals surface area contributed by atoms with E-state index in [1.807, 2.05) is 0 Å². The summed E-state index contributed by atoms with van der Waals surface area (Å²) < 4.78 is 4.78. The van der Waals surface area contributed by atoms with Crippen LogP contribution < -0.4 is 0 Å². The van der Waals surface area contributed by atoms with Crippen molar-refractivity contribution in [2.45, 2.75) is 0 Å². The number of fused-ring (bicyclic) bond motifs is 6. The molecule has 0 saturated carbocycles. The molecule has 0 amide bonds. The maximum absolute atomic E-state index is 2.40. The zero-order valence-corrected chi connectivity index (χ0v) is 34.0. The molecule has 290 valence electrons. The highest BCUT2D eigenvalue weighted by Gasteiger charge is 2.16. The Morgan fingerprint density at radius 3 is 0.984 bits per heavy atom. The van der Waals surface area contributed by atoms with Gasteiger partial charge in [-0.15, -0.1) is 0 Å². The SMILES string of the molecule is c1ccc(-c2cccc(-c3cccc(-c4ccc(-c5ccc(-n6c7ccccc7c7cc(-c8ccc9c(c8)c8ccccc8n9-c8ccccc8)ccc76)cc5)cc4)c3)c2)cc1. The van der Waals surface area contributed by atoms with Gasteiger partial charge in [-0.2, -0.15) is 0 Å². The first kappa shape index (κ1) is 35.7. The van der Waals surface area contributed by atoms with Crippen LogP contribution in [0.3, 0.4) is 0 Å². The van der Waals surface area contributed by atoms with Gasteiger partial charge in [0.25, 0.3) is 0 Å². The number of nitrogens with zero attached hydrogens (tertiary/aromatic N) is 2. The Morgan fingerprint density at radius 1 is 0.177 bits per heavy atom. The first-order chi connectivity index (χ1) is 30.7. The number of aromatic nitrogens is 2. The molecule has 0 aliphatic carbocycles. The van der Waals surface area contributed by atoms with E-state index < -0.39 is 0 Å². The molecule has 0 atom stereocenters. The van der Waals surface area contributed by atoms with E-state index in [9.17, 15) is 0 Å². The molecule has 10 aromatic carbocycles. The third-order valence-corrected chi connectivity index (χ3v) is 12.5. The minimum absolute atomic E-state index is 1.15. The van der Waals surface area contributed by atoms with E-state index in [2.05, 4.69) is 252 Å². The molecule has 0 radical (unpaired) electrons. The molecule has 12 aromatic rings. The van der Waals surface area contributed by atoms with E-state index in [0.717, 1.165) is 5.69 Å². The number of hydrogen-bond donors (Lipinski definition) is 0. The fraction of sp³-hybridized carbons (Fsp3) is 0. The molecule has 0 N–H and O–H groups in total. The Labute approximate surface area is 360 Å². The Bertz CT molecular complexity index is 3590. The van der Waals surface area contributed by atoms with Crippen LogP contribution in [0.2, 0.25) is 0 Å². The molecular formula is C60H40N2. The Balaban J connectivity index is 0.851. The molecule has 0 aliphatic heterocycles. The largest absolute Gasteiger partial charge is 0.309 e. The molecule has 0 fully saturated rings. The summed E-state index contributed by atoms with van der Waals surface area (Å²) in [5.41, 5.74) is 19.3. The zero-order chi connectivity index (χ0) is 41.0. The summed E-state index contributed by atoms with van der Waals surface area (Å²) in [6.07, 6.45) is 0. The predicted octanol–water partition coefficient (Wildman–Crippen LogP) is 16.2. The van der Waals surface area contributed by atoms with Crippen molar-refractivity contribution < 1.29 is 0 Å². The zero-order valence-electron chi connectivity index (χ0n) is 34.0. The summed E-state index contributed by atoms with van der Waals surface area (Å²) in [6, 6.07) is 88.3. The van der Waals surface area contributed by atoms with Crippen LogP contribution in [-0.2, 0) is 0 Å². The summed E-state index contributed by atoms with van der Waals surface area (Å²) in [6.45, 7) is 0. The first-order valence-electron chi connectivity index (χ1n) is 21.3. The average molecular weight is 789 g/mol. The Kier molecular flexibility index (Phi) is 8.53. The van der Waals surface area contributed by atoms with Gasteiger partial charge >= 0.3 is 0 Å². The second-order valence-corrected chi connectivity index (χ2v) is 16.2. The van der Waals surface area contributed by atoms with Crippen molar-refractivity contribution in [2.75, 3.05) is 0 Å². The summed E-state index contributed by atoms with van der Waals surface area (Å²) in [5.74, 6) is 0. The third kappa shape index (κ3) is 6.12. The predicted molar refractivity (Wildman–Crippen MR) is 262 cm³/mol. The maximum Gasteiger partial charge on any atom is 0.0541 e. The molecule has 0 saturated heterocycles. The molecule has 2 heteroatoms. The van der Waals surface area contributed by atoms with E-state index in [0.29, 0.717) is 0 Å². The second-order valence-electron chi connectivity index (χ2n) is 16.2. The van der Waals surface area contributed by atoms with Crippen LogP contribution in [-0.4, -0.2) is 9.13 Å². The molecule has 62 heavy (non-hydrogen) atoms. The molecule has 12 rings (SSSR count). The third-order valence-electron chi connectivity index (χ3n) is 12.5. The van der Waals surface area contributed by atoms with E-state index in [-0.39, 0.29) is 0 Å².